The number of nitrogens with zero attached hydrogens (tertiary/aromatic N) is 1. The molecule has 1 atom stereocenters. The highest BCUT2D eigenvalue weighted by atomic mass is 35.5. The van der Waals surface area contributed by atoms with Crippen LogP contribution in [0.25, 0.3) is 0 Å². The summed E-state index contributed by atoms with van der Waals surface area (Å²) in [5, 5.41) is 15.0. The maximum atomic E-state index is 12.4. The molecule has 122 valence electrons. The first-order valence-electron chi connectivity index (χ1n) is 7.71. The summed E-state index contributed by atoms with van der Waals surface area (Å²) in [6.07, 6.45) is 4.45. The van der Waals surface area contributed by atoms with Crippen molar-refractivity contribution in [2.45, 2.75) is 32.7 Å². The van der Waals surface area contributed by atoms with Gasteiger partial charge in [0.25, 0.3) is 5.91 Å². The fraction of sp³-hybridized carbons (Fsp3) is 0.333. The van der Waals surface area contributed by atoms with E-state index in [0.717, 1.165) is 18.4 Å². The van der Waals surface area contributed by atoms with Crippen LogP contribution in [0, 0.1) is 11.1 Å². The summed E-state index contributed by atoms with van der Waals surface area (Å²) in [4.78, 5) is 12.4. The smallest absolute Gasteiger partial charge is 0.257 e. The van der Waals surface area contributed by atoms with Gasteiger partial charge in [0, 0.05) is 11.1 Å². The van der Waals surface area contributed by atoms with E-state index in [9.17, 15) is 10.0 Å². The van der Waals surface area contributed by atoms with Crippen LogP contribution in [0.3, 0.4) is 0 Å². The Balaban J connectivity index is 2.16. The van der Waals surface area contributed by atoms with Gasteiger partial charge < -0.3 is 10.5 Å². The SMILES string of the molecule is CC(C)CC[C@@H](NC(=O)c1ccc[n+]([O-])c1)c1ccc(Cl)cc1. The van der Waals surface area contributed by atoms with Crippen LogP contribution < -0.4 is 10.0 Å². The van der Waals surface area contributed by atoms with Crippen molar-refractivity contribution < 1.29 is 9.52 Å². The lowest BCUT2D eigenvalue weighted by molar-refractivity contribution is -0.605. The van der Waals surface area contributed by atoms with Crippen LogP contribution >= 0.6 is 11.6 Å². The second-order valence-electron chi connectivity index (χ2n) is 6.00. The van der Waals surface area contributed by atoms with Crippen LogP contribution in [0.4, 0.5) is 0 Å². The van der Waals surface area contributed by atoms with Crippen molar-refractivity contribution >= 4 is 17.5 Å². The molecule has 5 heteroatoms. The molecule has 1 amide bonds. The number of hydrogen-bond donors (Lipinski definition) is 1. The van der Waals surface area contributed by atoms with Gasteiger partial charge in [-0.2, -0.15) is 4.73 Å². The van der Waals surface area contributed by atoms with Crippen LogP contribution in [-0.4, -0.2) is 5.91 Å². The van der Waals surface area contributed by atoms with E-state index in [4.69, 9.17) is 11.6 Å². The normalized spacial score (nSPS) is 12.2. The Morgan fingerprint density at radius 1 is 1.22 bits per heavy atom. The van der Waals surface area contributed by atoms with Gasteiger partial charge in [-0.05, 0) is 42.5 Å². The highest BCUT2D eigenvalue weighted by Gasteiger charge is 2.17. The van der Waals surface area contributed by atoms with Crippen molar-refractivity contribution in [3.63, 3.8) is 0 Å². The zero-order valence-corrected chi connectivity index (χ0v) is 14.1. The number of carbonyl (C=O) groups is 1. The summed E-state index contributed by atoms with van der Waals surface area (Å²) < 4.78 is 0.625. The van der Waals surface area contributed by atoms with Gasteiger partial charge in [-0.15, -0.1) is 0 Å². The van der Waals surface area contributed by atoms with E-state index >= 15 is 0 Å². The van der Waals surface area contributed by atoms with E-state index in [1.54, 1.807) is 12.1 Å². The molecule has 0 aliphatic carbocycles. The van der Waals surface area contributed by atoms with Gasteiger partial charge in [-0.25, -0.2) is 0 Å². The van der Waals surface area contributed by atoms with Crippen molar-refractivity contribution in [2.24, 2.45) is 5.92 Å². The predicted octanol–water partition coefficient (Wildman–Crippen LogP) is 3.88. The zero-order valence-electron chi connectivity index (χ0n) is 13.3. The first-order valence-corrected chi connectivity index (χ1v) is 8.08. The Morgan fingerprint density at radius 3 is 2.52 bits per heavy atom. The average Bonchev–Trinajstić information content (AvgIpc) is 2.52. The van der Waals surface area contributed by atoms with Crippen LogP contribution in [0.15, 0.2) is 48.8 Å². The molecule has 2 aromatic rings. The number of hydrogen-bond acceptors (Lipinski definition) is 2. The van der Waals surface area contributed by atoms with Crippen molar-refractivity contribution in [3.8, 4) is 0 Å². The molecule has 23 heavy (non-hydrogen) atoms. The molecule has 1 aromatic carbocycles. The summed E-state index contributed by atoms with van der Waals surface area (Å²) in [5.74, 6) is 0.293. The van der Waals surface area contributed by atoms with Gasteiger partial charge in [0.05, 0.1) is 6.04 Å². The number of rotatable bonds is 6. The first-order chi connectivity index (χ1) is 11.0. The number of halogens is 1. The molecule has 0 saturated carbocycles. The minimum absolute atomic E-state index is 0.109. The molecular weight excluding hydrogens is 312 g/mol. The largest absolute Gasteiger partial charge is 0.619 e. The second kappa shape index (κ2) is 7.97. The number of nitrogens with one attached hydrogen (secondary N) is 1. The van der Waals surface area contributed by atoms with E-state index in [-0.39, 0.29) is 11.9 Å². The first kappa shape index (κ1) is 17.3. The molecule has 0 aliphatic rings. The van der Waals surface area contributed by atoms with Gasteiger partial charge in [0.2, 0.25) is 0 Å². The highest BCUT2D eigenvalue weighted by Crippen LogP contribution is 2.23. The van der Waals surface area contributed by atoms with Gasteiger partial charge in [-0.3, -0.25) is 4.79 Å². The Bertz CT molecular complexity index is 656. The third-order valence-corrected chi connectivity index (χ3v) is 3.90. The van der Waals surface area contributed by atoms with Crippen molar-refractivity contribution in [3.05, 3.63) is 70.1 Å². The quantitative estimate of drug-likeness (QED) is 0.644. The number of carbonyl (C=O) groups excluding carboxylic acids is 1. The molecule has 0 aliphatic heterocycles. The van der Waals surface area contributed by atoms with Crippen LogP contribution in [-0.2, 0) is 0 Å². The fourth-order valence-corrected chi connectivity index (χ4v) is 2.47. The average molecular weight is 333 g/mol. The summed E-state index contributed by atoms with van der Waals surface area (Å²) in [6, 6.07) is 10.6. The maximum Gasteiger partial charge on any atom is 0.257 e. The molecule has 1 N–H and O–H groups in total. The topological polar surface area (TPSA) is 56.0 Å². The van der Waals surface area contributed by atoms with E-state index < -0.39 is 0 Å². The monoisotopic (exact) mass is 332 g/mol. The number of benzene rings is 1. The molecular formula is C18H21ClN2O2. The molecule has 0 fully saturated rings. The van der Waals surface area contributed by atoms with Crippen LogP contribution in [0.2, 0.25) is 5.02 Å². The number of aromatic nitrogens is 1. The summed E-state index contributed by atoms with van der Waals surface area (Å²) in [7, 11) is 0. The Morgan fingerprint density at radius 2 is 1.91 bits per heavy atom. The molecule has 1 aromatic heterocycles. The van der Waals surface area contributed by atoms with Crippen LogP contribution in [0.5, 0.6) is 0 Å². The second-order valence-corrected chi connectivity index (χ2v) is 6.44. The van der Waals surface area contributed by atoms with Gasteiger partial charge >= 0.3 is 0 Å². The molecule has 0 saturated heterocycles. The molecule has 0 bridgehead atoms. The van der Waals surface area contributed by atoms with E-state index in [1.165, 1.54) is 12.4 Å². The van der Waals surface area contributed by atoms with E-state index in [0.29, 0.717) is 21.2 Å². The molecule has 0 spiro atoms. The lowest BCUT2D eigenvalue weighted by Gasteiger charge is -2.20. The third-order valence-electron chi connectivity index (χ3n) is 3.65. The lowest BCUT2D eigenvalue weighted by atomic mass is 9.97. The fourth-order valence-electron chi connectivity index (χ4n) is 2.35. The Labute approximate surface area is 141 Å². The van der Waals surface area contributed by atoms with Gasteiger partial charge in [0.15, 0.2) is 12.4 Å². The third kappa shape index (κ3) is 5.25. The molecule has 0 unspecified atom stereocenters. The lowest BCUT2D eigenvalue weighted by Crippen LogP contribution is -2.32. The van der Waals surface area contributed by atoms with E-state index in [1.807, 2.05) is 24.3 Å². The van der Waals surface area contributed by atoms with Crippen molar-refractivity contribution in [2.75, 3.05) is 0 Å². The Kier molecular flexibility index (Phi) is 5.99. The Hall–Kier alpha value is -2.07. The standard InChI is InChI=1S/C18H21ClN2O2/c1-13(2)5-10-17(14-6-8-16(19)9-7-14)20-18(22)15-4-3-11-21(23)12-15/h3-4,6-9,11-13,17H,5,10H2,1-2H3,(H,20,22)/t17-/m1/s1. The summed E-state index contributed by atoms with van der Waals surface area (Å²) in [6.45, 7) is 4.30. The van der Waals surface area contributed by atoms with Crippen molar-refractivity contribution in [1.82, 2.24) is 5.32 Å². The zero-order chi connectivity index (χ0) is 16.8. The minimum Gasteiger partial charge on any atom is -0.619 e. The number of amides is 1. The molecule has 0 radical (unpaired) electrons. The summed E-state index contributed by atoms with van der Waals surface area (Å²) in [5.41, 5.74) is 1.36. The predicted molar refractivity (Wildman–Crippen MR) is 91.1 cm³/mol. The van der Waals surface area contributed by atoms with Crippen LogP contribution in [0.1, 0.15) is 48.7 Å². The van der Waals surface area contributed by atoms with E-state index in [2.05, 4.69) is 19.2 Å². The minimum atomic E-state index is -0.251. The molecule has 2 rings (SSSR count). The maximum absolute atomic E-state index is 12.4. The number of pyridine rings is 1. The molecule has 4 nitrogen and oxygen atoms in total. The molecule has 1 heterocycles. The van der Waals surface area contributed by atoms with Crippen molar-refractivity contribution in [1.29, 1.82) is 0 Å². The summed E-state index contributed by atoms with van der Waals surface area (Å²) >= 11 is 5.94. The van der Waals surface area contributed by atoms with Gasteiger partial charge in [0.1, 0.15) is 5.56 Å². The highest BCUT2D eigenvalue weighted by molar-refractivity contribution is 6.30. The van der Waals surface area contributed by atoms with Gasteiger partial charge in [-0.1, -0.05) is 37.6 Å².